The molecule has 0 amide bonds. The summed E-state index contributed by atoms with van der Waals surface area (Å²) in [4.78, 5) is 23.2. The maximum absolute atomic E-state index is 12.0. The third kappa shape index (κ3) is 2.89. The molecule has 1 heterocycles. The molecule has 0 N–H and O–H groups in total. The molecule has 0 aliphatic carbocycles. The molecule has 0 spiro atoms. The lowest BCUT2D eigenvalue weighted by Gasteiger charge is -2.05. The SMILES string of the molecule is COCc1oc2c(OC)cc(OC(C)=O)cc2c1C(=O)OC. The van der Waals surface area contributed by atoms with Crippen LogP contribution in [0.4, 0.5) is 0 Å². The van der Waals surface area contributed by atoms with Gasteiger partial charge < -0.3 is 23.4 Å². The fraction of sp³-hybridized carbons (Fsp3) is 0.333. The van der Waals surface area contributed by atoms with Gasteiger partial charge in [0.25, 0.3) is 0 Å². The number of carbonyl (C=O) groups is 2. The number of furan rings is 1. The van der Waals surface area contributed by atoms with Crippen LogP contribution in [0.15, 0.2) is 16.5 Å². The second-order valence-electron chi connectivity index (χ2n) is 4.42. The van der Waals surface area contributed by atoms with Gasteiger partial charge in [-0.05, 0) is 6.07 Å². The lowest BCUT2D eigenvalue weighted by atomic mass is 10.1. The zero-order valence-electron chi connectivity index (χ0n) is 12.7. The number of fused-ring (bicyclic) bond motifs is 1. The first kappa shape index (κ1) is 15.8. The Morgan fingerprint density at radius 3 is 2.45 bits per heavy atom. The topological polar surface area (TPSA) is 84.2 Å². The number of hydrogen-bond acceptors (Lipinski definition) is 7. The Kier molecular flexibility index (Phi) is 4.67. The Bertz CT molecular complexity index is 714. The van der Waals surface area contributed by atoms with Crippen molar-refractivity contribution in [3.05, 3.63) is 23.5 Å². The van der Waals surface area contributed by atoms with E-state index in [1.807, 2.05) is 0 Å². The zero-order valence-corrected chi connectivity index (χ0v) is 12.7. The van der Waals surface area contributed by atoms with Crippen molar-refractivity contribution in [1.82, 2.24) is 0 Å². The second kappa shape index (κ2) is 6.48. The third-order valence-corrected chi connectivity index (χ3v) is 2.95. The molecule has 7 heteroatoms. The van der Waals surface area contributed by atoms with E-state index in [1.54, 1.807) is 0 Å². The molecule has 2 rings (SSSR count). The number of carbonyl (C=O) groups excluding carboxylic acids is 2. The van der Waals surface area contributed by atoms with Crippen molar-refractivity contribution >= 4 is 22.9 Å². The number of hydrogen-bond donors (Lipinski definition) is 0. The quantitative estimate of drug-likeness (QED) is 0.619. The van der Waals surface area contributed by atoms with Gasteiger partial charge in [-0.2, -0.15) is 0 Å². The molecule has 0 aliphatic rings. The lowest BCUT2D eigenvalue weighted by Crippen LogP contribution is -2.05. The standard InChI is InChI=1S/C15H16O7/c1-8(16)21-9-5-10-13(15(17)20-4)12(7-18-2)22-14(10)11(6-9)19-3/h5-6H,7H2,1-4H3. The fourth-order valence-corrected chi connectivity index (χ4v) is 2.13. The van der Waals surface area contributed by atoms with E-state index in [4.69, 9.17) is 23.4 Å². The van der Waals surface area contributed by atoms with E-state index in [-0.39, 0.29) is 17.9 Å². The molecule has 22 heavy (non-hydrogen) atoms. The molecular formula is C15H16O7. The van der Waals surface area contributed by atoms with Crippen LogP contribution in [0.1, 0.15) is 23.0 Å². The molecule has 0 bridgehead atoms. The number of methoxy groups -OCH3 is 3. The summed E-state index contributed by atoms with van der Waals surface area (Å²) in [6, 6.07) is 3.03. The molecule has 0 saturated carbocycles. The van der Waals surface area contributed by atoms with Crippen LogP contribution in [0.2, 0.25) is 0 Å². The Morgan fingerprint density at radius 2 is 1.91 bits per heavy atom. The molecule has 7 nitrogen and oxygen atoms in total. The van der Waals surface area contributed by atoms with Crippen LogP contribution in [-0.2, 0) is 20.9 Å². The predicted octanol–water partition coefficient (Wildman–Crippen LogP) is 2.30. The van der Waals surface area contributed by atoms with E-state index in [9.17, 15) is 9.59 Å². The Hall–Kier alpha value is -2.54. The average molecular weight is 308 g/mol. The largest absolute Gasteiger partial charge is 0.493 e. The Labute approximate surface area is 126 Å². The second-order valence-corrected chi connectivity index (χ2v) is 4.42. The van der Waals surface area contributed by atoms with Gasteiger partial charge in [0.1, 0.15) is 23.7 Å². The van der Waals surface area contributed by atoms with Crippen LogP contribution in [0, 0.1) is 0 Å². The van der Waals surface area contributed by atoms with Crippen molar-refractivity contribution in [2.75, 3.05) is 21.3 Å². The van der Waals surface area contributed by atoms with Gasteiger partial charge in [0, 0.05) is 25.5 Å². The Balaban J connectivity index is 2.73. The van der Waals surface area contributed by atoms with Crippen molar-refractivity contribution in [3.63, 3.8) is 0 Å². The minimum atomic E-state index is -0.576. The highest BCUT2D eigenvalue weighted by atomic mass is 16.5. The highest BCUT2D eigenvalue weighted by molar-refractivity contribution is 6.06. The van der Waals surface area contributed by atoms with Crippen molar-refractivity contribution in [3.8, 4) is 11.5 Å². The van der Waals surface area contributed by atoms with E-state index in [0.717, 1.165) is 0 Å². The van der Waals surface area contributed by atoms with Gasteiger partial charge in [-0.15, -0.1) is 0 Å². The van der Waals surface area contributed by atoms with Gasteiger partial charge in [0.05, 0.1) is 14.2 Å². The van der Waals surface area contributed by atoms with Crippen LogP contribution in [-0.4, -0.2) is 33.3 Å². The first-order chi connectivity index (χ1) is 10.5. The highest BCUT2D eigenvalue weighted by Crippen LogP contribution is 2.37. The summed E-state index contributed by atoms with van der Waals surface area (Å²) >= 11 is 0. The maximum atomic E-state index is 12.0. The zero-order chi connectivity index (χ0) is 16.3. The molecule has 1 aromatic heterocycles. The number of esters is 2. The average Bonchev–Trinajstić information content (AvgIpc) is 2.83. The number of ether oxygens (including phenoxy) is 4. The molecule has 118 valence electrons. The summed E-state index contributed by atoms with van der Waals surface area (Å²) in [7, 11) is 4.20. The minimum absolute atomic E-state index is 0.0885. The van der Waals surface area contributed by atoms with Gasteiger partial charge >= 0.3 is 11.9 Å². The van der Waals surface area contributed by atoms with Crippen LogP contribution < -0.4 is 9.47 Å². The molecule has 1 aromatic carbocycles. The van der Waals surface area contributed by atoms with E-state index in [1.165, 1.54) is 40.4 Å². The summed E-state index contributed by atoms with van der Waals surface area (Å²) in [6.45, 7) is 1.37. The minimum Gasteiger partial charge on any atom is -0.493 e. The van der Waals surface area contributed by atoms with Crippen molar-refractivity contribution in [1.29, 1.82) is 0 Å². The molecular weight excluding hydrogens is 292 g/mol. The molecule has 0 aliphatic heterocycles. The maximum Gasteiger partial charge on any atom is 0.342 e. The van der Waals surface area contributed by atoms with E-state index in [0.29, 0.717) is 22.5 Å². The summed E-state index contributed by atoms with van der Waals surface area (Å²) in [5.41, 5.74) is 0.567. The van der Waals surface area contributed by atoms with Crippen LogP contribution in [0.25, 0.3) is 11.0 Å². The van der Waals surface area contributed by atoms with Gasteiger partial charge in [-0.25, -0.2) is 4.79 Å². The molecule has 2 aromatic rings. The van der Waals surface area contributed by atoms with E-state index in [2.05, 4.69) is 0 Å². The first-order valence-corrected chi connectivity index (χ1v) is 6.40. The van der Waals surface area contributed by atoms with Crippen molar-refractivity contribution in [2.24, 2.45) is 0 Å². The molecule has 0 saturated heterocycles. The number of benzene rings is 1. The monoisotopic (exact) mass is 308 g/mol. The summed E-state index contributed by atoms with van der Waals surface area (Å²) < 4.78 is 25.8. The van der Waals surface area contributed by atoms with Crippen molar-refractivity contribution < 1.29 is 33.0 Å². The molecule has 0 atom stereocenters. The van der Waals surface area contributed by atoms with Crippen molar-refractivity contribution in [2.45, 2.75) is 13.5 Å². The van der Waals surface area contributed by atoms with Crippen LogP contribution in [0.5, 0.6) is 11.5 Å². The summed E-state index contributed by atoms with van der Waals surface area (Å²) in [5.74, 6) is -0.176. The first-order valence-electron chi connectivity index (χ1n) is 6.40. The normalized spacial score (nSPS) is 10.5. The fourth-order valence-electron chi connectivity index (χ4n) is 2.13. The lowest BCUT2D eigenvalue weighted by molar-refractivity contribution is -0.131. The summed E-state index contributed by atoms with van der Waals surface area (Å²) in [6.07, 6.45) is 0. The van der Waals surface area contributed by atoms with Gasteiger partial charge in [0.15, 0.2) is 11.3 Å². The highest BCUT2D eigenvalue weighted by Gasteiger charge is 2.24. The van der Waals surface area contributed by atoms with Gasteiger partial charge in [-0.1, -0.05) is 0 Å². The predicted molar refractivity (Wildman–Crippen MR) is 76.1 cm³/mol. The molecule has 0 fully saturated rings. The van der Waals surface area contributed by atoms with E-state index >= 15 is 0 Å². The number of rotatable bonds is 5. The Morgan fingerprint density at radius 1 is 1.18 bits per heavy atom. The third-order valence-electron chi connectivity index (χ3n) is 2.95. The van der Waals surface area contributed by atoms with E-state index < -0.39 is 11.9 Å². The van der Waals surface area contributed by atoms with Crippen LogP contribution in [0.3, 0.4) is 0 Å². The van der Waals surface area contributed by atoms with Crippen LogP contribution >= 0.6 is 0 Å². The molecule has 0 radical (unpaired) electrons. The smallest absolute Gasteiger partial charge is 0.342 e. The van der Waals surface area contributed by atoms with Gasteiger partial charge in [0.2, 0.25) is 0 Å². The summed E-state index contributed by atoms with van der Waals surface area (Å²) in [5, 5.41) is 0.425. The molecule has 0 unspecified atom stereocenters. The van der Waals surface area contributed by atoms with Gasteiger partial charge in [-0.3, -0.25) is 4.79 Å².